The van der Waals surface area contributed by atoms with Crippen LogP contribution in [0.15, 0.2) is 6.07 Å². The maximum Gasteiger partial charge on any atom is 0.100 e. The average Bonchev–Trinajstić information content (AvgIpc) is 2.70. The van der Waals surface area contributed by atoms with Gasteiger partial charge in [0.2, 0.25) is 0 Å². The molecule has 2 unspecified atom stereocenters. The van der Waals surface area contributed by atoms with Gasteiger partial charge >= 0.3 is 0 Å². The van der Waals surface area contributed by atoms with Gasteiger partial charge in [0, 0.05) is 5.56 Å². The Kier molecular flexibility index (Phi) is 5.73. The lowest BCUT2D eigenvalue weighted by Gasteiger charge is -2.31. The van der Waals surface area contributed by atoms with E-state index in [1.54, 1.807) is 0 Å². The molecule has 18 heavy (non-hydrogen) atoms. The molecule has 2 rings (SSSR count). The molecule has 1 aliphatic heterocycles. The Labute approximate surface area is 121 Å². The summed E-state index contributed by atoms with van der Waals surface area (Å²) in [6.07, 6.45) is 1.05. The Balaban J connectivity index is 2.15. The summed E-state index contributed by atoms with van der Waals surface area (Å²) in [7, 11) is 0. The van der Waals surface area contributed by atoms with Crippen molar-refractivity contribution in [2.45, 2.75) is 25.5 Å². The number of halogens is 2. The highest BCUT2D eigenvalue weighted by Crippen LogP contribution is 2.37. The minimum Gasteiger partial charge on any atom is -0.376 e. The Morgan fingerprint density at radius 3 is 2.89 bits per heavy atom. The number of thiophene rings is 1. The molecule has 1 aliphatic rings. The van der Waals surface area contributed by atoms with Crippen LogP contribution in [-0.4, -0.2) is 32.5 Å². The zero-order valence-electron chi connectivity index (χ0n) is 10.2. The molecular weight excluding hydrogens is 293 g/mol. The molecule has 3 nitrogen and oxygen atoms in total. The highest BCUT2D eigenvalue weighted by atomic mass is 35.5. The van der Waals surface area contributed by atoms with E-state index >= 15 is 0 Å². The van der Waals surface area contributed by atoms with Crippen molar-refractivity contribution in [3.8, 4) is 0 Å². The van der Waals surface area contributed by atoms with E-state index < -0.39 is 0 Å². The Hall–Kier alpha value is 0.160. The molecule has 1 N–H and O–H groups in total. The van der Waals surface area contributed by atoms with Gasteiger partial charge in [-0.2, -0.15) is 0 Å². The molecule has 1 saturated heterocycles. The van der Waals surface area contributed by atoms with Gasteiger partial charge in [0.25, 0.3) is 0 Å². The van der Waals surface area contributed by atoms with E-state index in [4.69, 9.17) is 32.7 Å². The van der Waals surface area contributed by atoms with E-state index in [9.17, 15) is 0 Å². The quantitative estimate of drug-likeness (QED) is 0.903. The second kappa shape index (κ2) is 7.08. The molecule has 2 atom stereocenters. The van der Waals surface area contributed by atoms with Crippen molar-refractivity contribution in [1.82, 2.24) is 5.32 Å². The topological polar surface area (TPSA) is 30.5 Å². The molecule has 0 aromatic carbocycles. The van der Waals surface area contributed by atoms with Crippen molar-refractivity contribution in [3.63, 3.8) is 0 Å². The Bertz CT molecular complexity index is 380. The number of rotatable bonds is 5. The number of hydrogen-bond acceptors (Lipinski definition) is 4. The van der Waals surface area contributed by atoms with Gasteiger partial charge in [-0.3, -0.25) is 0 Å². The fourth-order valence-electron chi connectivity index (χ4n) is 2.01. The minimum atomic E-state index is -0.00605. The summed E-state index contributed by atoms with van der Waals surface area (Å²) < 4.78 is 12.7. The van der Waals surface area contributed by atoms with Crippen molar-refractivity contribution in [3.05, 3.63) is 20.3 Å². The number of hydrogen-bond donors (Lipinski definition) is 1. The van der Waals surface area contributed by atoms with Crippen LogP contribution in [0.3, 0.4) is 0 Å². The lowest BCUT2D eigenvalue weighted by Crippen LogP contribution is -2.40. The van der Waals surface area contributed by atoms with E-state index in [1.165, 1.54) is 11.3 Å². The number of ether oxygens (including phenoxy) is 2. The van der Waals surface area contributed by atoms with Crippen molar-refractivity contribution in [2.75, 3.05) is 26.4 Å². The number of nitrogens with one attached hydrogen (secondary N) is 1. The van der Waals surface area contributed by atoms with Crippen LogP contribution >= 0.6 is 34.5 Å². The fourth-order valence-corrected chi connectivity index (χ4v) is 3.55. The fraction of sp³-hybridized carbons (Fsp3) is 0.667. The summed E-state index contributed by atoms with van der Waals surface area (Å²) in [5.41, 5.74) is 1.01. The van der Waals surface area contributed by atoms with E-state index in [0.717, 1.165) is 22.9 Å². The first-order valence-electron chi connectivity index (χ1n) is 6.09. The lowest BCUT2D eigenvalue weighted by molar-refractivity contribution is -0.102. The van der Waals surface area contributed by atoms with Gasteiger partial charge in [-0.05, 0) is 19.0 Å². The summed E-state index contributed by atoms with van der Waals surface area (Å²) in [4.78, 5) is 0. The van der Waals surface area contributed by atoms with Crippen molar-refractivity contribution in [2.24, 2.45) is 0 Å². The van der Waals surface area contributed by atoms with Crippen LogP contribution in [0.5, 0.6) is 0 Å². The standard InChI is InChI=1S/C12H17Cl2NO2S/c1-2-3-15-11(9-7-16-4-5-17-9)8-6-10(13)18-12(8)14/h6,9,11,15H,2-5,7H2,1H3. The van der Waals surface area contributed by atoms with Gasteiger partial charge in [-0.15, -0.1) is 11.3 Å². The maximum absolute atomic E-state index is 6.24. The Morgan fingerprint density at radius 2 is 2.33 bits per heavy atom. The highest BCUT2D eigenvalue weighted by molar-refractivity contribution is 7.20. The molecule has 0 radical (unpaired) electrons. The van der Waals surface area contributed by atoms with Gasteiger partial charge in [0.15, 0.2) is 0 Å². The molecule has 0 aliphatic carbocycles. The third kappa shape index (κ3) is 3.59. The van der Waals surface area contributed by atoms with Crippen molar-refractivity contribution in [1.29, 1.82) is 0 Å². The molecule has 0 spiro atoms. The third-order valence-corrected chi connectivity index (χ3v) is 4.36. The predicted molar refractivity (Wildman–Crippen MR) is 75.9 cm³/mol. The first kappa shape index (κ1) is 14.6. The monoisotopic (exact) mass is 309 g/mol. The van der Waals surface area contributed by atoms with E-state index in [-0.39, 0.29) is 12.1 Å². The molecule has 102 valence electrons. The van der Waals surface area contributed by atoms with Gasteiger partial charge in [0.1, 0.15) is 6.10 Å². The second-order valence-corrected chi connectivity index (χ2v) is 6.48. The second-order valence-electron chi connectivity index (χ2n) is 4.20. The van der Waals surface area contributed by atoms with Crippen LogP contribution in [0.25, 0.3) is 0 Å². The SMILES string of the molecule is CCCNC(c1cc(Cl)sc1Cl)C1COCCO1. The summed E-state index contributed by atoms with van der Waals surface area (Å²) in [5, 5.41) is 3.47. The summed E-state index contributed by atoms with van der Waals surface area (Å²) in [6, 6.07) is 1.96. The highest BCUT2D eigenvalue weighted by Gasteiger charge is 2.28. The molecule has 2 heterocycles. The molecule has 1 fully saturated rings. The van der Waals surface area contributed by atoms with E-state index in [1.807, 2.05) is 6.07 Å². The maximum atomic E-state index is 6.24. The molecular formula is C12H17Cl2NO2S. The molecule has 1 aromatic rings. The van der Waals surface area contributed by atoms with Crippen LogP contribution in [0.2, 0.25) is 8.67 Å². The normalized spacial score (nSPS) is 22.1. The summed E-state index contributed by atoms with van der Waals surface area (Å²) >= 11 is 13.6. The molecule has 0 amide bonds. The third-order valence-electron chi connectivity index (χ3n) is 2.85. The molecule has 6 heteroatoms. The molecule has 1 aromatic heterocycles. The van der Waals surface area contributed by atoms with Gasteiger partial charge < -0.3 is 14.8 Å². The summed E-state index contributed by atoms with van der Waals surface area (Å²) in [6.45, 7) is 4.92. The van der Waals surface area contributed by atoms with Crippen molar-refractivity contribution >= 4 is 34.5 Å². The Morgan fingerprint density at radius 1 is 1.50 bits per heavy atom. The van der Waals surface area contributed by atoms with Crippen LogP contribution < -0.4 is 5.32 Å². The largest absolute Gasteiger partial charge is 0.376 e. The van der Waals surface area contributed by atoms with Crippen LogP contribution in [0.1, 0.15) is 24.9 Å². The minimum absolute atomic E-state index is 0.00605. The van der Waals surface area contributed by atoms with Gasteiger partial charge in [-0.25, -0.2) is 0 Å². The first-order valence-corrected chi connectivity index (χ1v) is 7.67. The van der Waals surface area contributed by atoms with Crippen LogP contribution in [-0.2, 0) is 9.47 Å². The predicted octanol–water partition coefficient (Wildman–Crippen LogP) is 3.51. The smallest absolute Gasteiger partial charge is 0.100 e. The lowest BCUT2D eigenvalue weighted by atomic mass is 10.0. The van der Waals surface area contributed by atoms with Gasteiger partial charge in [-0.1, -0.05) is 30.1 Å². The zero-order chi connectivity index (χ0) is 13.0. The average molecular weight is 310 g/mol. The van der Waals surface area contributed by atoms with Crippen LogP contribution in [0, 0.1) is 0 Å². The molecule has 0 saturated carbocycles. The molecule has 0 bridgehead atoms. The zero-order valence-corrected chi connectivity index (χ0v) is 12.6. The van der Waals surface area contributed by atoms with Crippen molar-refractivity contribution < 1.29 is 9.47 Å². The van der Waals surface area contributed by atoms with Crippen LogP contribution in [0.4, 0.5) is 0 Å². The van der Waals surface area contributed by atoms with Gasteiger partial charge in [0.05, 0.1) is 34.5 Å². The summed E-state index contributed by atoms with van der Waals surface area (Å²) in [5.74, 6) is 0. The van der Waals surface area contributed by atoms with E-state index in [0.29, 0.717) is 24.2 Å². The van der Waals surface area contributed by atoms with E-state index in [2.05, 4.69) is 12.2 Å². The first-order chi connectivity index (χ1) is 8.72.